The van der Waals surface area contributed by atoms with Gasteiger partial charge in [-0.3, -0.25) is 4.79 Å². The highest BCUT2D eigenvalue weighted by molar-refractivity contribution is 5.82. The smallest absolute Gasteiger partial charge is 0.239 e. The summed E-state index contributed by atoms with van der Waals surface area (Å²) < 4.78 is 0. The number of aliphatic hydroxyl groups excluding tert-OH is 1. The molecule has 0 saturated carbocycles. The summed E-state index contributed by atoms with van der Waals surface area (Å²) in [5.74, 6) is 0.0139. The minimum atomic E-state index is -0.378. The quantitative estimate of drug-likeness (QED) is 0.700. The number of hydrogen-bond acceptors (Lipinski definition) is 3. The molecule has 0 radical (unpaired) electrons. The number of carbonyl (C=O) groups is 1. The van der Waals surface area contributed by atoms with Gasteiger partial charge >= 0.3 is 0 Å². The number of likely N-dealkylation sites (tertiary alicyclic amines) is 1. The van der Waals surface area contributed by atoms with Gasteiger partial charge in [0.1, 0.15) is 0 Å². The second kappa shape index (κ2) is 6.08. The molecule has 1 aliphatic heterocycles. The molecule has 88 valence electrons. The Kier molecular flexibility index (Phi) is 5.05. The van der Waals surface area contributed by atoms with E-state index in [1.807, 2.05) is 0 Å². The van der Waals surface area contributed by atoms with Crippen LogP contribution < -0.4 is 5.73 Å². The van der Waals surface area contributed by atoms with Crippen molar-refractivity contribution in [1.29, 1.82) is 0 Å². The Labute approximate surface area is 91.4 Å². The van der Waals surface area contributed by atoms with Crippen LogP contribution in [0.25, 0.3) is 0 Å². The summed E-state index contributed by atoms with van der Waals surface area (Å²) in [5.41, 5.74) is 5.83. The van der Waals surface area contributed by atoms with Crippen LogP contribution in [0.2, 0.25) is 0 Å². The Morgan fingerprint density at radius 1 is 1.67 bits per heavy atom. The lowest BCUT2D eigenvalue weighted by atomic mass is 10.1. The van der Waals surface area contributed by atoms with Gasteiger partial charge in [-0.1, -0.05) is 19.8 Å². The fraction of sp³-hybridized carbons (Fsp3) is 0.909. The van der Waals surface area contributed by atoms with Crippen LogP contribution in [0.15, 0.2) is 0 Å². The minimum absolute atomic E-state index is 0.00479. The Hall–Kier alpha value is -0.610. The highest BCUT2D eigenvalue weighted by Gasteiger charge is 2.30. The first-order valence-corrected chi connectivity index (χ1v) is 5.87. The molecule has 4 heteroatoms. The first kappa shape index (κ1) is 12.5. The Balaban J connectivity index is 2.44. The average molecular weight is 214 g/mol. The molecule has 15 heavy (non-hydrogen) atoms. The normalized spacial score (nSPS) is 23.1. The molecule has 1 fully saturated rings. The van der Waals surface area contributed by atoms with E-state index >= 15 is 0 Å². The summed E-state index contributed by atoms with van der Waals surface area (Å²) >= 11 is 0. The average Bonchev–Trinajstić information content (AvgIpc) is 2.72. The van der Waals surface area contributed by atoms with Crippen LogP contribution in [0.4, 0.5) is 0 Å². The third-order valence-electron chi connectivity index (χ3n) is 3.06. The van der Waals surface area contributed by atoms with Gasteiger partial charge in [0, 0.05) is 6.54 Å². The van der Waals surface area contributed by atoms with Gasteiger partial charge in [-0.05, 0) is 19.3 Å². The van der Waals surface area contributed by atoms with Crippen molar-refractivity contribution < 1.29 is 9.90 Å². The van der Waals surface area contributed by atoms with Crippen molar-refractivity contribution >= 4 is 5.91 Å². The van der Waals surface area contributed by atoms with Crippen LogP contribution >= 0.6 is 0 Å². The van der Waals surface area contributed by atoms with Crippen LogP contribution in [0.1, 0.15) is 39.0 Å². The standard InChI is InChI=1S/C11H22N2O2/c1-2-3-6-10(12)11(15)13-7-4-5-9(13)8-14/h9-10,14H,2-8,12H2,1H3. The SMILES string of the molecule is CCCCC(N)C(=O)N1CCCC1CO. The van der Waals surface area contributed by atoms with E-state index in [2.05, 4.69) is 6.92 Å². The first-order valence-electron chi connectivity index (χ1n) is 5.87. The molecule has 0 aromatic heterocycles. The maximum Gasteiger partial charge on any atom is 0.239 e. The molecule has 0 bridgehead atoms. The molecule has 0 spiro atoms. The summed E-state index contributed by atoms with van der Waals surface area (Å²) in [6.45, 7) is 2.90. The van der Waals surface area contributed by atoms with E-state index in [9.17, 15) is 4.79 Å². The summed E-state index contributed by atoms with van der Waals surface area (Å²) in [7, 11) is 0. The lowest BCUT2D eigenvalue weighted by Gasteiger charge is -2.26. The summed E-state index contributed by atoms with van der Waals surface area (Å²) in [6, 6.07) is -0.373. The first-order chi connectivity index (χ1) is 7.20. The van der Waals surface area contributed by atoms with Crippen molar-refractivity contribution in [3.63, 3.8) is 0 Å². The maximum absolute atomic E-state index is 11.9. The minimum Gasteiger partial charge on any atom is -0.394 e. The lowest BCUT2D eigenvalue weighted by molar-refractivity contribution is -0.134. The van der Waals surface area contributed by atoms with Gasteiger partial charge in [-0.25, -0.2) is 0 Å². The number of rotatable bonds is 5. The summed E-state index contributed by atoms with van der Waals surface area (Å²) in [4.78, 5) is 13.7. The number of hydrogen-bond donors (Lipinski definition) is 2. The molecule has 1 saturated heterocycles. The largest absolute Gasteiger partial charge is 0.394 e. The van der Waals surface area contributed by atoms with E-state index < -0.39 is 0 Å². The number of amides is 1. The molecule has 0 aromatic carbocycles. The molecule has 0 aliphatic carbocycles. The van der Waals surface area contributed by atoms with Crippen LogP contribution in [-0.4, -0.2) is 41.1 Å². The van der Waals surface area contributed by atoms with Crippen LogP contribution in [0.5, 0.6) is 0 Å². The van der Waals surface area contributed by atoms with Crippen molar-refractivity contribution in [3.05, 3.63) is 0 Å². The van der Waals surface area contributed by atoms with Gasteiger partial charge in [0.25, 0.3) is 0 Å². The molecule has 1 rings (SSSR count). The van der Waals surface area contributed by atoms with Crippen molar-refractivity contribution in [2.75, 3.05) is 13.2 Å². The predicted molar refractivity (Wildman–Crippen MR) is 59.3 cm³/mol. The zero-order valence-electron chi connectivity index (χ0n) is 9.48. The molecule has 0 aromatic rings. The second-order valence-corrected chi connectivity index (χ2v) is 4.26. The Bertz CT molecular complexity index is 209. The van der Waals surface area contributed by atoms with Crippen LogP contribution in [0, 0.1) is 0 Å². The topological polar surface area (TPSA) is 66.6 Å². The zero-order valence-corrected chi connectivity index (χ0v) is 9.48. The maximum atomic E-state index is 11.9. The Morgan fingerprint density at radius 2 is 2.40 bits per heavy atom. The summed E-state index contributed by atoms with van der Waals surface area (Å²) in [6.07, 6.45) is 4.69. The van der Waals surface area contributed by atoms with E-state index in [1.54, 1.807) is 4.90 Å². The number of nitrogens with zero attached hydrogens (tertiary/aromatic N) is 1. The summed E-state index contributed by atoms with van der Waals surface area (Å²) in [5, 5.41) is 9.11. The van der Waals surface area contributed by atoms with E-state index in [-0.39, 0.29) is 24.6 Å². The van der Waals surface area contributed by atoms with Crippen molar-refractivity contribution in [1.82, 2.24) is 4.90 Å². The fourth-order valence-corrected chi connectivity index (χ4v) is 2.08. The molecule has 4 nitrogen and oxygen atoms in total. The number of nitrogens with two attached hydrogens (primary N) is 1. The van der Waals surface area contributed by atoms with Gasteiger partial charge in [-0.2, -0.15) is 0 Å². The Morgan fingerprint density at radius 3 is 3.00 bits per heavy atom. The van der Waals surface area contributed by atoms with Crippen LogP contribution in [-0.2, 0) is 4.79 Å². The lowest BCUT2D eigenvalue weighted by Crippen LogP contribution is -2.47. The van der Waals surface area contributed by atoms with E-state index in [4.69, 9.17) is 10.8 Å². The van der Waals surface area contributed by atoms with Gasteiger partial charge in [0.15, 0.2) is 0 Å². The number of unbranched alkanes of at least 4 members (excludes halogenated alkanes) is 1. The number of carbonyl (C=O) groups excluding carboxylic acids is 1. The van der Waals surface area contributed by atoms with Crippen molar-refractivity contribution in [2.24, 2.45) is 5.73 Å². The molecule has 1 aliphatic rings. The van der Waals surface area contributed by atoms with E-state index in [0.717, 1.165) is 38.6 Å². The highest BCUT2D eigenvalue weighted by Crippen LogP contribution is 2.18. The molecule has 1 amide bonds. The molecule has 1 heterocycles. The fourth-order valence-electron chi connectivity index (χ4n) is 2.08. The third-order valence-corrected chi connectivity index (χ3v) is 3.06. The van der Waals surface area contributed by atoms with Gasteiger partial charge < -0.3 is 15.7 Å². The van der Waals surface area contributed by atoms with Crippen molar-refractivity contribution in [3.8, 4) is 0 Å². The van der Waals surface area contributed by atoms with Gasteiger partial charge in [0.05, 0.1) is 18.7 Å². The second-order valence-electron chi connectivity index (χ2n) is 4.26. The van der Waals surface area contributed by atoms with Gasteiger partial charge in [-0.15, -0.1) is 0 Å². The molecular weight excluding hydrogens is 192 g/mol. The molecule has 2 unspecified atom stereocenters. The van der Waals surface area contributed by atoms with E-state index in [0.29, 0.717) is 0 Å². The molecule has 2 atom stereocenters. The molecular formula is C11H22N2O2. The predicted octanol–water partition coefficient (Wildman–Crippen LogP) is 0.487. The third kappa shape index (κ3) is 3.18. The van der Waals surface area contributed by atoms with Crippen LogP contribution in [0.3, 0.4) is 0 Å². The number of aliphatic hydroxyl groups is 1. The van der Waals surface area contributed by atoms with Crippen molar-refractivity contribution in [2.45, 2.75) is 51.1 Å². The van der Waals surface area contributed by atoms with Gasteiger partial charge in [0.2, 0.25) is 5.91 Å². The molecule has 3 N–H and O–H groups in total. The monoisotopic (exact) mass is 214 g/mol. The highest BCUT2D eigenvalue weighted by atomic mass is 16.3. The zero-order chi connectivity index (χ0) is 11.3. The van der Waals surface area contributed by atoms with E-state index in [1.165, 1.54) is 0 Å².